The molecule has 6 heteroatoms. The van der Waals surface area contributed by atoms with Crippen molar-refractivity contribution < 1.29 is 23.0 Å². The normalized spacial score (nSPS) is 11.2. The molecule has 4 rings (SSSR count). The second-order valence-corrected chi connectivity index (χ2v) is 7.15. The van der Waals surface area contributed by atoms with Gasteiger partial charge in [-0.3, -0.25) is 0 Å². The molecule has 0 aliphatic heterocycles. The number of alkyl halides is 3. The summed E-state index contributed by atoms with van der Waals surface area (Å²) in [6.07, 6.45) is -2.91. The lowest BCUT2D eigenvalue weighted by molar-refractivity contribution is -0.274. The molecule has 0 radical (unpaired) electrons. The lowest BCUT2D eigenvalue weighted by Crippen LogP contribution is -2.17. The maximum atomic E-state index is 12.3. The quantitative estimate of drug-likeness (QED) is 0.412. The first-order valence-corrected chi connectivity index (χ1v) is 9.53. The van der Waals surface area contributed by atoms with Crippen LogP contribution in [0.3, 0.4) is 0 Å². The second kappa shape index (κ2) is 8.11. The zero-order valence-electron chi connectivity index (χ0n) is 16.6. The fraction of sp³-hybridized carbons (Fsp3) is 0.120. The lowest BCUT2D eigenvalue weighted by atomic mass is 10.1. The summed E-state index contributed by atoms with van der Waals surface area (Å²) in [4.78, 5) is 0. The van der Waals surface area contributed by atoms with Gasteiger partial charge in [-0.2, -0.15) is 0 Å². The molecule has 0 unspecified atom stereocenters. The molecule has 0 saturated heterocycles. The maximum absolute atomic E-state index is 12.3. The van der Waals surface area contributed by atoms with E-state index in [0.29, 0.717) is 6.54 Å². The van der Waals surface area contributed by atoms with Crippen LogP contribution in [0, 0.1) is 18.8 Å². The van der Waals surface area contributed by atoms with E-state index >= 15 is 0 Å². The summed E-state index contributed by atoms with van der Waals surface area (Å²) in [6.45, 7) is 2.21. The minimum absolute atomic E-state index is 0.102. The minimum Gasteiger partial charge on any atom is -0.494 e. The van der Waals surface area contributed by atoms with E-state index in [0.717, 1.165) is 33.0 Å². The van der Waals surface area contributed by atoms with Gasteiger partial charge in [0.05, 0.1) is 6.54 Å². The molecule has 0 atom stereocenters. The monoisotopic (exact) mass is 421 g/mol. The number of rotatable bonds is 3. The van der Waals surface area contributed by atoms with E-state index in [1.165, 1.54) is 24.3 Å². The zero-order valence-corrected chi connectivity index (χ0v) is 16.6. The number of hydrogen-bond acceptors (Lipinski definition) is 2. The minimum atomic E-state index is -4.73. The van der Waals surface area contributed by atoms with Crippen molar-refractivity contribution >= 4 is 10.8 Å². The summed E-state index contributed by atoms with van der Waals surface area (Å²) >= 11 is 0. The molecule has 0 spiro atoms. The number of ether oxygens (including phenoxy) is 1. The van der Waals surface area contributed by atoms with Gasteiger partial charge in [-0.05, 0) is 54.4 Å². The lowest BCUT2D eigenvalue weighted by Gasteiger charge is -2.10. The van der Waals surface area contributed by atoms with Crippen molar-refractivity contribution in [2.75, 3.05) is 0 Å². The highest BCUT2D eigenvalue weighted by Crippen LogP contribution is 2.32. The average molecular weight is 421 g/mol. The standard InChI is InChI=1S/C25H18F3NO2/c1-17-13-20(8-7-18-5-3-2-4-6-18)14-21-16-29(24(30)23(17)21)15-19-9-11-22(12-10-19)31-25(26,27)28/h2-6,9-14,16,30H,15H2,1H3. The zero-order chi connectivity index (χ0) is 22.0. The third kappa shape index (κ3) is 4.84. The fourth-order valence-corrected chi connectivity index (χ4v) is 3.45. The molecule has 1 N–H and O–H groups in total. The van der Waals surface area contributed by atoms with E-state index < -0.39 is 6.36 Å². The number of aromatic hydroxyl groups is 1. The molecule has 1 aromatic heterocycles. The maximum Gasteiger partial charge on any atom is 0.573 e. The van der Waals surface area contributed by atoms with Crippen LogP contribution in [0.4, 0.5) is 13.2 Å². The van der Waals surface area contributed by atoms with E-state index in [2.05, 4.69) is 16.6 Å². The Morgan fingerprint density at radius 1 is 0.935 bits per heavy atom. The highest BCUT2D eigenvalue weighted by molar-refractivity contribution is 5.92. The van der Waals surface area contributed by atoms with Gasteiger partial charge in [0.2, 0.25) is 0 Å². The predicted octanol–water partition coefficient (Wildman–Crippen LogP) is 6.00. The molecular weight excluding hydrogens is 403 g/mol. The van der Waals surface area contributed by atoms with Crippen LogP contribution in [-0.2, 0) is 6.54 Å². The van der Waals surface area contributed by atoms with E-state index in [1.54, 1.807) is 4.57 Å². The summed E-state index contributed by atoms with van der Waals surface area (Å²) in [5.41, 5.74) is 3.37. The van der Waals surface area contributed by atoms with Crippen LogP contribution in [0.5, 0.6) is 11.6 Å². The van der Waals surface area contributed by atoms with Gasteiger partial charge in [-0.15, -0.1) is 13.2 Å². The number of aryl methyl sites for hydroxylation is 1. The summed E-state index contributed by atoms with van der Waals surface area (Å²) < 4.78 is 42.5. The van der Waals surface area contributed by atoms with Gasteiger partial charge in [0.15, 0.2) is 5.88 Å². The highest BCUT2D eigenvalue weighted by atomic mass is 19.4. The van der Waals surface area contributed by atoms with Gasteiger partial charge < -0.3 is 14.4 Å². The average Bonchev–Trinajstić information content (AvgIpc) is 3.03. The Morgan fingerprint density at radius 3 is 2.29 bits per heavy atom. The van der Waals surface area contributed by atoms with Crippen LogP contribution >= 0.6 is 0 Å². The van der Waals surface area contributed by atoms with Gasteiger partial charge in [-0.1, -0.05) is 42.2 Å². The number of nitrogens with zero attached hydrogens (tertiary/aromatic N) is 1. The van der Waals surface area contributed by atoms with E-state index in [-0.39, 0.29) is 11.6 Å². The molecule has 4 aromatic rings. The molecular formula is C25H18F3NO2. The number of fused-ring (bicyclic) bond motifs is 1. The molecule has 1 heterocycles. The Kier molecular flexibility index (Phi) is 5.35. The number of aromatic nitrogens is 1. The van der Waals surface area contributed by atoms with Crippen molar-refractivity contribution in [1.82, 2.24) is 4.57 Å². The molecule has 0 aliphatic carbocycles. The molecule has 3 aromatic carbocycles. The Morgan fingerprint density at radius 2 is 1.61 bits per heavy atom. The van der Waals surface area contributed by atoms with Crippen molar-refractivity contribution in [3.8, 4) is 23.5 Å². The van der Waals surface area contributed by atoms with E-state index in [1.807, 2.05) is 55.6 Å². The molecule has 0 bridgehead atoms. The third-order valence-electron chi connectivity index (χ3n) is 4.79. The van der Waals surface area contributed by atoms with Crippen molar-refractivity contribution in [1.29, 1.82) is 0 Å². The number of hydrogen-bond donors (Lipinski definition) is 1. The molecule has 0 saturated carbocycles. The van der Waals surface area contributed by atoms with Crippen LogP contribution in [0.15, 0.2) is 72.9 Å². The van der Waals surface area contributed by atoms with Gasteiger partial charge in [0.25, 0.3) is 0 Å². The molecule has 31 heavy (non-hydrogen) atoms. The van der Waals surface area contributed by atoms with Gasteiger partial charge >= 0.3 is 6.36 Å². The van der Waals surface area contributed by atoms with Crippen molar-refractivity contribution in [2.24, 2.45) is 0 Å². The molecule has 0 amide bonds. The molecule has 0 aliphatic rings. The first kappa shape index (κ1) is 20.4. The number of halogens is 3. The molecule has 3 nitrogen and oxygen atoms in total. The fourth-order valence-electron chi connectivity index (χ4n) is 3.45. The molecule has 0 fully saturated rings. The SMILES string of the molecule is Cc1cc(C#Cc2ccccc2)cc2cn(Cc3ccc(OC(F)(F)F)cc3)c(O)c12. The summed E-state index contributed by atoms with van der Waals surface area (Å²) in [5, 5.41) is 12.3. The van der Waals surface area contributed by atoms with Crippen molar-refractivity contribution in [3.63, 3.8) is 0 Å². The van der Waals surface area contributed by atoms with Gasteiger partial charge in [0.1, 0.15) is 5.75 Å². The smallest absolute Gasteiger partial charge is 0.494 e. The molecule has 156 valence electrons. The van der Waals surface area contributed by atoms with E-state index in [9.17, 15) is 18.3 Å². The first-order valence-electron chi connectivity index (χ1n) is 9.53. The van der Waals surface area contributed by atoms with Crippen LogP contribution in [0.2, 0.25) is 0 Å². The van der Waals surface area contributed by atoms with Crippen LogP contribution in [-0.4, -0.2) is 16.0 Å². The van der Waals surface area contributed by atoms with Crippen LogP contribution in [0.1, 0.15) is 22.3 Å². The Hall–Kier alpha value is -3.85. The first-order chi connectivity index (χ1) is 14.8. The van der Waals surface area contributed by atoms with Crippen LogP contribution in [0.25, 0.3) is 10.8 Å². The number of benzene rings is 3. The largest absolute Gasteiger partial charge is 0.573 e. The Bertz CT molecular complexity index is 1280. The topological polar surface area (TPSA) is 34.4 Å². The highest BCUT2D eigenvalue weighted by Gasteiger charge is 2.30. The van der Waals surface area contributed by atoms with Gasteiger partial charge in [-0.25, -0.2) is 0 Å². The van der Waals surface area contributed by atoms with Gasteiger partial charge in [0, 0.05) is 28.1 Å². The predicted molar refractivity (Wildman–Crippen MR) is 113 cm³/mol. The van der Waals surface area contributed by atoms with Crippen molar-refractivity contribution in [3.05, 3.63) is 95.2 Å². The Balaban J connectivity index is 1.60. The summed E-state index contributed by atoms with van der Waals surface area (Å²) in [7, 11) is 0. The second-order valence-electron chi connectivity index (χ2n) is 7.15. The Labute approximate surface area is 177 Å². The summed E-state index contributed by atoms with van der Waals surface area (Å²) in [5.74, 6) is 6.10. The van der Waals surface area contributed by atoms with E-state index in [4.69, 9.17) is 0 Å². The van der Waals surface area contributed by atoms with Crippen molar-refractivity contribution in [2.45, 2.75) is 19.8 Å². The summed E-state index contributed by atoms with van der Waals surface area (Å²) in [6, 6.07) is 19.1. The third-order valence-corrected chi connectivity index (χ3v) is 4.79. The van der Waals surface area contributed by atoms with Crippen LogP contribution < -0.4 is 4.74 Å².